The SMILES string of the molecule is O=C(Cn1cccn1)Nc1cccc(CNC(=O)c2sccc2S(=O)(=O)N2CCCC2)c1. The predicted octanol–water partition coefficient (Wildman–Crippen LogP) is 2.30. The lowest BCUT2D eigenvalue weighted by Crippen LogP contribution is -2.30. The summed E-state index contributed by atoms with van der Waals surface area (Å²) in [5.41, 5.74) is 1.37. The van der Waals surface area contributed by atoms with Crippen LogP contribution in [0, 0.1) is 0 Å². The van der Waals surface area contributed by atoms with Gasteiger partial charge in [0, 0.05) is 37.7 Å². The van der Waals surface area contributed by atoms with Crippen LogP contribution >= 0.6 is 11.3 Å². The molecule has 0 radical (unpaired) electrons. The molecule has 0 saturated carbocycles. The Morgan fingerprint density at radius 2 is 1.94 bits per heavy atom. The Labute approximate surface area is 190 Å². The lowest BCUT2D eigenvalue weighted by Gasteiger charge is -2.15. The van der Waals surface area contributed by atoms with Crippen molar-refractivity contribution in [2.24, 2.45) is 0 Å². The molecule has 168 valence electrons. The van der Waals surface area contributed by atoms with Crippen LogP contribution in [0.4, 0.5) is 5.69 Å². The summed E-state index contributed by atoms with van der Waals surface area (Å²) in [6.45, 7) is 1.26. The molecule has 0 unspecified atom stereocenters. The van der Waals surface area contributed by atoms with E-state index >= 15 is 0 Å². The van der Waals surface area contributed by atoms with E-state index in [1.165, 1.54) is 15.1 Å². The van der Waals surface area contributed by atoms with Gasteiger partial charge in [-0.1, -0.05) is 12.1 Å². The second-order valence-electron chi connectivity index (χ2n) is 7.36. The van der Waals surface area contributed by atoms with Gasteiger partial charge in [0.25, 0.3) is 5.91 Å². The van der Waals surface area contributed by atoms with Crippen LogP contribution < -0.4 is 10.6 Å². The molecule has 1 aliphatic rings. The first-order valence-corrected chi connectivity index (χ1v) is 12.5. The topological polar surface area (TPSA) is 113 Å². The maximum Gasteiger partial charge on any atom is 0.263 e. The van der Waals surface area contributed by atoms with Gasteiger partial charge in [0.1, 0.15) is 16.3 Å². The molecular formula is C21H23N5O4S2. The van der Waals surface area contributed by atoms with Crippen molar-refractivity contribution in [3.8, 4) is 0 Å². The Kier molecular flexibility index (Phi) is 6.68. The first-order chi connectivity index (χ1) is 15.4. The van der Waals surface area contributed by atoms with Crippen LogP contribution in [0.3, 0.4) is 0 Å². The molecule has 9 nitrogen and oxygen atoms in total. The molecule has 2 N–H and O–H groups in total. The molecule has 32 heavy (non-hydrogen) atoms. The highest BCUT2D eigenvalue weighted by Gasteiger charge is 2.31. The van der Waals surface area contributed by atoms with Crippen LogP contribution in [0.15, 0.2) is 59.1 Å². The maximum absolute atomic E-state index is 12.9. The number of thiophene rings is 1. The molecule has 1 aromatic carbocycles. The summed E-state index contributed by atoms with van der Waals surface area (Å²) < 4.78 is 28.7. The largest absolute Gasteiger partial charge is 0.347 e. The number of anilines is 1. The molecule has 2 amide bonds. The summed E-state index contributed by atoms with van der Waals surface area (Å²) in [5.74, 6) is -0.656. The Morgan fingerprint density at radius 3 is 2.69 bits per heavy atom. The summed E-state index contributed by atoms with van der Waals surface area (Å²) in [6, 6.07) is 10.3. The Hall–Kier alpha value is -3.02. The molecule has 1 aliphatic heterocycles. The zero-order valence-corrected chi connectivity index (χ0v) is 18.9. The molecular weight excluding hydrogens is 450 g/mol. The summed E-state index contributed by atoms with van der Waals surface area (Å²) >= 11 is 1.11. The first kappa shape index (κ1) is 22.2. The molecule has 0 aliphatic carbocycles. The van der Waals surface area contributed by atoms with Crippen LogP contribution in [0.1, 0.15) is 28.1 Å². The minimum atomic E-state index is -3.67. The van der Waals surface area contributed by atoms with Crippen LogP contribution in [0.25, 0.3) is 0 Å². The minimum Gasteiger partial charge on any atom is -0.347 e. The third kappa shape index (κ3) is 5.06. The average molecular weight is 474 g/mol. The van der Waals surface area contributed by atoms with Crippen molar-refractivity contribution in [2.75, 3.05) is 18.4 Å². The number of benzene rings is 1. The zero-order valence-electron chi connectivity index (χ0n) is 17.2. The van der Waals surface area contributed by atoms with Crippen LogP contribution in [-0.4, -0.2) is 47.4 Å². The van der Waals surface area contributed by atoms with Crippen molar-refractivity contribution in [1.82, 2.24) is 19.4 Å². The molecule has 1 fully saturated rings. The number of carbonyl (C=O) groups is 2. The maximum atomic E-state index is 12.9. The molecule has 2 aromatic heterocycles. The van der Waals surface area contributed by atoms with Crippen LogP contribution in [0.2, 0.25) is 0 Å². The Bertz CT molecular complexity index is 1200. The van der Waals surface area contributed by atoms with Crippen LogP contribution in [0.5, 0.6) is 0 Å². The number of sulfonamides is 1. The lowest BCUT2D eigenvalue weighted by molar-refractivity contribution is -0.116. The van der Waals surface area contributed by atoms with Gasteiger partial charge in [0.15, 0.2) is 0 Å². The van der Waals surface area contributed by atoms with Crippen molar-refractivity contribution >= 4 is 38.9 Å². The van der Waals surface area contributed by atoms with E-state index in [0.29, 0.717) is 18.8 Å². The first-order valence-electron chi connectivity index (χ1n) is 10.2. The number of carbonyl (C=O) groups excluding carboxylic acids is 2. The summed E-state index contributed by atoms with van der Waals surface area (Å²) in [4.78, 5) is 25.1. The van der Waals surface area contributed by atoms with Gasteiger partial charge < -0.3 is 10.6 Å². The third-order valence-corrected chi connectivity index (χ3v) is 8.03. The third-order valence-electron chi connectivity index (χ3n) is 5.05. The van der Waals surface area contributed by atoms with Crippen molar-refractivity contribution < 1.29 is 18.0 Å². The molecule has 1 saturated heterocycles. The lowest BCUT2D eigenvalue weighted by atomic mass is 10.2. The standard InChI is InChI=1S/C21H23N5O4S2/c27-19(15-25-9-4-8-23-25)24-17-6-3-5-16(13-17)14-22-21(28)20-18(7-12-31-20)32(29,30)26-10-1-2-11-26/h3-9,12-13H,1-2,10-11,14-15H2,(H,22,28)(H,24,27). The second kappa shape index (κ2) is 9.63. The number of hydrogen-bond donors (Lipinski definition) is 2. The van der Waals surface area contributed by atoms with E-state index in [1.54, 1.807) is 42.0 Å². The monoisotopic (exact) mass is 473 g/mol. The smallest absolute Gasteiger partial charge is 0.263 e. The molecule has 11 heteroatoms. The highest BCUT2D eigenvalue weighted by molar-refractivity contribution is 7.89. The quantitative estimate of drug-likeness (QED) is 0.521. The fourth-order valence-corrected chi connectivity index (χ4v) is 6.33. The fraction of sp³-hybridized carbons (Fsp3) is 0.286. The number of nitrogens with one attached hydrogen (secondary N) is 2. The van der Waals surface area contributed by atoms with Gasteiger partial charge >= 0.3 is 0 Å². The minimum absolute atomic E-state index is 0.0570. The van der Waals surface area contributed by atoms with E-state index in [4.69, 9.17) is 0 Å². The number of rotatable bonds is 8. The normalized spacial score (nSPS) is 14.4. The number of hydrogen-bond acceptors (Lipinski definition) is 6. The van der Waals surface area contributed by atoms with E-state index in [0.717, 1.165) is 29.7 Å². The number of amides is 2. The van der Waals surface area contributed by atoms with Gasteiger partial charge in [-0.15, -0.1) is 11.3 Å². The number of nitrogens with zero attached hydrogens (tertiary/aromatic N) is 3. The predicted molar refractivity (Wildman–Crippen MR) is 121 cm³/mol. The van der Waals surface area contributed by atoms with Gasteiger partial charge in [0.05, 0.1) is 0 Å². The van der Waals surface area contributed by atoms with E-state index in [1.807, 2.05) is 6.07 Å². The highest BCUT2D eigenvalue weighted by atomic mass is 32.2. The molecule has 0 spiro atoms. The fourth-order valence-electron chi connectivity index (χ4n) is 3.50. The van der Waals surface area contributed by atoms with E-state index in [-0.39, 0.29) is 28.8 Å². The van der Waals surface area contributed by atoms with Gasteiger partial charge in [-0.2, -0.15) is 9.40 Å². The molecule has 0 atom stereocenters. The van der Waals surface area contributed by atoms with Crippen molar-refractivity contribution in [2.45, 2.75) is 30.8 Å². The molecule has 4 rings (SSSR count). The zero-order chi connectivity index (χ0) is 22.6. The van der Waals surface area contributed by atoms with Crippen molar-refractivity contribution in [3.05, 3.63) is 64.6 Å². The van der Waals surface area contributed by atoms with Gasteiger partial charge in [-0.05, 0) is 48.1 Å². The highest BCUT2D eigenvalue weighted by Crippen LogP contribution is 2.27. The Morgan fingerprint density at radius 1 is 1.12 bits per heavy atom. The molecule has 0 bridgehead atoms. The van der Waals surface area contributed by atoms with Gasteiger partial charge in [-0.3, -0.25) is 14.3 Å². The Balaban J connectivity index is 1.38. The van der Waals surface area contributed by atoms with Crippen LogP contribution in [-0.2, 0) is 27.9 Å². The second-order valence-corrected chi connectivity index (χ2v) is 10.2. The number of aromatic nitrogens is 2. The summed E-state index contributed by atoms with van der Waals surface area (Å²) in [7, 11) is -3.67. The van der Waals surface area contributed by atoms with Crippen molar-refractivity contribution in [1.29, 1.82) is 0 Å². The summed E-state index contributed by atoms with van der Waals surface area (Å²) in [5, 5.41) is 11.2. The molecule has 3 aromatic rings. The van der Waals surface area contributed by atoms with E-state index < -0.39 is 15.9 Å². The van der Waals surface area contributed by atoms with E-state index in [2.05, 4.69) is 15.7 Å². The molecule has 3 heterocycles. The van der Waals surface area contributed by atoms with Crippen molar-refractivity contribution in [3.63, 3.8) is 0 Å². The van der Waals surface area contributed by atoms with Gasteiger partial charge in [0.2, 0.25) is 15.9 Å². The average Bonchev–Trinajstić information content (AvgIpc) is 3.55. The van der Waals surface area contributed by atoms with Gasteiger partial charge in [-0.25, -0.2) is 8.42 Å². The summed E-state index contributed by atoms with van der Waals surface area (Å²) in [6.07, 6.45) is 4.97. The van der Waals surface area contributed by atoms with E-state index in [9.17, 15) is 18.0 Å².